The van der Waals surface area contributed by atoms with Gasteiger partial charge in [0.1, 0.15) is 11.5 Å². The third-order valence-electron chi connectivity index (χ3n) is 3.49. The Balaban J connectivity index is 1.55. The maximum absolute atomic E-state index is 11.8. The molecule has 0 spiro atoms. The Morgan fingerprint density at radius 1 is 1.38 bits per heavy atom. The zero-order chi connectivity index (χ0) is 16.9. The molecule has 3 aromatic rings. The number of hydrogen-bond donors (Lipinski definition) is 1. The molecule has 0 aliphatic rings. The molecule has 0 aromatic carbocycles. The van der Waals surface area contributed by atoms with Crippen LogP contribution in [0.1, 0.15) is 30.7 Å². The fraction of sp³-hybridized carbons (Fsp3) is 0.375. The molecule has 0 aliphatic carbocycles. The quantitative estimate of drug-likeness (QED) is 0.712. The Labute approximate surface area is 138 Å². The number of rotatable bonds is 7. The van der Waals surface area contributed by atoms with Crippen molar-refractivity contribution < 1.29 is 13.6 Å². The highest BCUT2D eigenvalue weighted by atomic mass is 16.4. The zero-order valence-corrected chi connectivity index (χ0v) is 13.7. The molecular weight excluding hydrogens is 310 g/mol. The van der Waals surface area contributed by atoms with E-state index in [2.05, 4.69) is 20.6 Å². The number of hydrogen-bond acceptors (Lipinski definition) is 6. The maximum atomic E-state index is 11.8. The van der Waals surface area contributed by atoms with E-state index in [4.69, 9.17) is 8.83 Å². The number of carbonyl (C=O) groups excluding carboxylic acids is 1. The second-order valence-electron chi connectivity index (χ2n) is 5.34. The van der Waals surface area contributed by atoms with Crippen LogP contribution in [0, 0.1) is 6.92 Å². The highest BCUT2D eigenvalue weighted by Crippen LogP contribution is 2.19. The maximum Gasteiger partial charge on any atom is 0.265 e. The molecule has 3 rings (SSSR count). The fourth-order valence-corrected chi connectivity index (χ4v) is 2.32. The Hall–Kier alpha value is -2.90. The lowest BCUT2D eigenvalue weighted by Crippen LogP contribution is -2.22. The molecule has 1 N–H and O–H groups in total. The third kappa shape index (κ3) is 3.70. The van der Waals surface area contributed by atoms with E-state index in [-0.39, 0.29) is 12.3 Å². The van der Waals surface area contributed by atoms with Crippen molar-refractivity contribution in [2.75, 3.05) is 0 Å². The van der Waals surface area contributed by atoms with Crippen molar-refractivity contribution in [2.24, 2.45) is 0 Å². The molecule has 0 saturated heterocycles. The Kier molecular flexibility index (Phi) is 4.74. The lowest BCUT2D eigenvalue weighted by molar-refractivity contribution is -0.121. The number of nitrogens with zero attached hydrogens (tertiary/aromatic N) is 4. The summed E-state index contributed by atoms with van der Waals surface area (Å²) in [6.45, 7) is 5.00. The van der Waals surface area contributed by atoms with Crippen LogP contribution in [-0.4, -0.2) is 25.9 Å². The summed E-state index contributed by atoms with van der Waals surface area (Å²) >= 11 is 0. The van der Waals surface area contributed by atoms with Crippen LogP contribution in [0.5, 0.6) is 0 Å². The highest BCUT2D eigenvalue weighted by molar-refractivity contribution is 5.75. The van der Waals surface area contributed by atoms with Gasteiger partial charge in [-0.15, -0.1) is 10.2 Å². The average molecular weight is 329 g/mol. The number of aromatic nitrogens is 4. The zero-order valence-electron chi connectivity index (χ0n) is 13.7. The third-order valence-corrected chi connectivity index (χ3v) is 3.49. The van der Waals surface area contributed by atoms with Gasteiger partial charge in [-0.25, -0.2) is 0 Å². The highest BCUT2D eigenvalue weighted by Gasteiger charge is 2.15. The minimum Gasteiger partial charge on any atom is -0.467 e. The van der Waals surface area contributed by atoms with Crippen LogP contribution in [-0.2, 0) is 24.3 Å². The van der Waals surface area contributed by atoms with Crippen LogP contribution in [0.25, 0.3) is 11.6 Å². The van der Waals surface area contributed by atoms with Crippen LogP contribution < -0.4 is 5.32 Å². The molecule has 0 unspecified atom stereocenters. The molecule has 3 heterocycles. The predicted molar refractivity (Wildman–Crippen MR) is 84.8 cm³/mol. The van der Waals surface area contributed by atoms with Crippen molar-refractivity contribution in [1.82, 2.24) is 25.3 Å². The lowest BCUT2D eigenvalue weighted by atomic mass is 10.3. The van der Waals surface area contributed by atoms with Crippen molar-refractivity contribution in [1.29, 1.82) is 0 Å². The first-order valence-electron chi connectivity index (χ1n) is 7.82. The molecule has 3 aromatic heterocycles. The number of aryl methyl sites for hydroxylation is 3. The number of furan rings is 1. The monoisotopic (exact) mass is 329 g/mol. The van der Waals surface area contributed by atoms with E-state index in [1.165, 1.54) is 0 Å². The normalized spacial score (nSPS) is 10.9. The molecule has 24 heavy (non-hydrogen) atoms. The molecular formula is C16H19N5O3. The number of amides is 1. The van der Waals surface area contributed by atoms with Crippen molar-refractivity contribution in [2.45, 2.75) is 39.8 Å². The molecule has 0 radical (unpaired) electrons. The van der Waals surface area contributed by atoms with Gasteiger partial charge in [-0.2, -0.15) is 5.10 Å². The second kappa shape index (κ2) is 7.12. The molecule has 1 amide bonds. The molecule has 0 bridgehead atoms. The first kappa shape index (κ1) is 16.0. The predicted octanol–water partition coefficient (Wildman–Crippen LogP) is 2.10. The lowest BCUT2D eigenvalue weighted by Gasteiger charge is -2.01. The van der Waals surface area contributed by atoms with Crippen LogP contribution in [0.4, 0.5) is 0 Å². The summed E-state index contributed by atoms with van der Waals surface area (Å²) < 4.78 is 12.6. The van der Waals surface area contributed by atoms with E-state index in [9.17, 15) is 4.79 Å². The van der Waals surface area contributed by atoms with Gasteiger partial charge in [0, 0.05) is 19.4 Å². The van der Waals surface area contributed by atoms with Gasteiger partial charge in [0.05, 0.1) is 18.5 Å². The first-order chi connectivity index (χ1) is 11.7. The second-order valence-corrected chi connectivity index (χ2v) is 5.34. The standard InChI is InChI=1S/C16H19N5O3/c1-3-21-13(9-11(2)20-21)16-19-18-15(24-16)7-6-14(22)17-10-12-5-4-8-23-12/h4-5,8-9H,3,6-7,10H2,1-2H3,(H,17,22). The van der Waals surface area contributed by atoms with Crippen LogP contribution in [0.15, 0.2) is 33.3 Å². The SMILES string of the molecule is CCn1nc(C)cc1-c1nnc(CCC(=O)NCc2ccco2)o1. The summed E-state index contributed by atoms with van der Waals surface area (Å²) in [5.41, 5.74) is 1.68. The Bertz CT molecular complexity index is 804. The van der Waals surface area contributed by atoms with E-state index in [1.54, 1.807) is 12.3 Å². The van der Waals surface area contributed by atoms with Crippen molar-refractivity contribution in [3.8, 4) is 11.6 Å². The minimum atomic E-state index is -0.0967. The van der Waals surface area contributed by atoms with Crippen LogP contribution >= 0.6 is 0 Å². The van der Waals surface area contributed by atoms with Gasteiger partial charge < -0.3 is 14.2 Å². The van der Waals surface area contributed by atoms with Gasteiger partial charge in [0.25, 0.3) is 5.89 Å². The van der Waals surface area contributed by atoms with E-state index < -0.39 is 0 Å². The summed E-state index contributed by atoms with van der Waals surface area (Å²) in [6, 6.07) is 5.49. The van der Waals surface area contributed by atoms with E-state index in [0.29, 0.717) is 30.5 Å². The summed E-state index contributed by atoms with van der Waals surface area (Å²) in [6.07, 6.45) is 2.23. The Morgan fingerprint density at radius 2 is 2.25 bits per heavy atom. The smallest absolute Gasteiger partial charge is 0.265 e. The summed E-state index contributed by atoms with van der Waals surface area (Å²) in [5, 5.41) is 15.2. The van der Waals surface area contributed by atoms with Gasteiger partial charge >= 0.3 is 0 Å². The fourth-order valence-electron chi connectivity index (χ4n) is 2.32. The molecule has 8 heteroatoms. The van der Waals surface area contributed by atoms with Crippen molar-refractivity contribution >= 4 is 5.91 Å². The van der Waals surface area contributed by atoms with Gasteiger partial charge in [-0.3, -0.25) is 9.48 Å². The summed E-state index contributed by atoms with van der Waals surface area (Å²) in [4.78, 5) is 11.8. The summed E-state index contributed by atoms with van der Waals surface area (Å²) in [5.74, 6) is 1.47. The molecule has 8 nitrogen and oxygen atoms in total. The van der Waals surface area contributed by atoms with E-state index in [0.717, 1.165) is 17.9 Å². The van der Waals surface area contributed by atoms with Crippen molar-refractivity contribution in [3.63, 3.8) is 0 Å². The molecule has 126 valence electrons. The Morgan fingerprint density at radius 3 is 3.00 bits per heavy atom. The van der Waals surface area contributed by atoms with Crippen LogP contribution in [0.3, 0.4) is 0 Å². The molecule has 0 aliphatic heterocycles. The number of carbonyl (C=O) groups is 1. The average Bonchev–Trinajstić information content (AvgIpc) is 3.31. The topological polar surface area (TPSA) is 99.0 Å². The first-order valence-corrected chi connectivity index (χ1v) is 7.82. The van der Waals surface area contributed by atoms with Gasteiger partial charge in [-0.1, -0.05) is 0 Å². The largest absolute Gasteiger partial charge is 0.467 e. The van der Waals surface area contributed by atoms with E-state index in [1.807, 2.05) is 30.7 Å². The van der Waals surface area contributed by atoms with Crippen molar-refractivity contribution in [3.05, 3.63) is 41.8 Å². The van der Waals surface area contributed by atoms with Gasteiger partial charge in [-0.05, 0) is 32.0 Å². The number of nitrogens with one attached hydrogen (secondary N) is 1. The molecule has 0 saturated carbocycles. The minimum absolute atomic E-state index is 0.0967. The van der Waals surface area contributed by atoms with Gasteiger partial charge in [0.15, 0.2) is 0 Å². The van der Waals surface area contributed by atoms with Gasteiger partial charge in [0.2, 0.25) is 11.8 Å². The van der Waals surface area contributed by atoms with Crippen LogP contribution in [0.2, 0.25) is 0 Å². The molecule has 0 fully saturated rings. The molecule has 0 atom stereocenters. The van der Waals surface area contributed by atoms with E-state index >= 15 is 0 Å². The summed E-state index contributed by atoms with van der Waals surface area (Å²) in [7, 11) is 0.